The molecule has 0 bridgehead atoms. The number of hydrogen-bond donors (Lipinski definition) is 1. The van der Waals surface area contributed by atoms with Gasteiger partial charge in [-0.05, 0) is 35.9 Å². The largest absolute Gasteiger partial charge is 0.334 e. The molecule has 3 aromatic rings. The zero-order chi connectivity index (χ0) is 15.7. The van der Waals surface area contributed by atoms with Crippen LogP contribution in [0.2, 0.25) is 5.02 Å². The topological polar surface area (TPSA) is 64.0 Å². The van der Waals surface area contributed by atoms with E-state index in [4.69, 9.17) is 11.6 Å². The van der Waals surface area contributed by atoms with E-state index in [0.29, 0.717) is 5.02 Å². The van der Waals surface area contributed by atoms with Gasteiger partial charge in [0.25, 0.3) is 0 Å². The lowest BCUT2D eigenvalue weighted by Gasteiger charge is -2.07. The molecule has 114 valence electrons. The van der Waals surface area contributed by atoms with E-state index >= 15 is 0 Å². The number of aryl methyl sites for hydroxylation is 1. The fraction of sp³-hybridized carbons (Fsp3) is 0.133. The number of aromatic nitrogens is 2. The first-order valence-electron chi connectivity index (χ1n) is 6.61. The summed E-state index contributed by atoms with van der Waals surface area (Å²) < 4.78 is 29.0. The summed E-state index contributed by atoms with van der Waals surface area (Å²) in [5, 5.41) is 0.387. The third-order valence-corrected chi connectivity index (χ3v) is 5.00. The molecule has 0 unspecified atom stereocenters. The maximum absolute atomic E-state index is 12.2. The van der Waals surface area contributed by atoms with Crippen molar-refractivity contribution in [3.05, 3.63) is 59.4 Å². The highest BCUT2D eigenvalue weighted by atomic mass is 35.5. The fourth-order valence-corrected chi connectivity index (χ4v) is 3.51. The first-order chi connectivity index (χ1) is 10.5. The molecule has 2 aromatic carbocycles. The highest BCUT2D eigenvalue weighted by Gasteiger charge is 2.14. The first kappa shape index (κ1) is 15.0. The van der Waals surface area contributed by atoms with Gasteiger partial charge in [0.1, 0.15) is 0 Å². The van der Waals surface area contributed by atoms with E-state index < -0.39 is 10.0 Å². The molecule has 7 heteroatoms. The summed E-state index contributed by atoms with van der Waals surface area (Å²) >= 11 is 5.83. The van der Waals surface area contributed by atoms with Gasteiger partial charge < -0.3 is 4.57 Å². The molecular formula is C15H14ClN3O2S. The van der Waals surface area contributed by atoms with E-state index in [9.17, 15) is 8.42 Å². The minimum Gasteiger partial charge on any atom is -0.334 e. The second kappa shape index (κ2) is 5.72. The van der Waals surface area contributed by atoms with Crippen LogP contribution in [0.5, 0.6) is 0 Å². The molecule has 3 rings (SSSR count). The Hall–Kier alpha value is -1.89. The average molecular weight is 336 g/mol. The van der Waals surface area contributed by atoms with E-state index in [0.717, 1.165) is 16.6 Å². The van der Waals surface area contributed by atoms with Crippen molar-refractivity contribution >= 4 is 32.7 Å². The summed E-state index contributed by atoms with van der Waals surface area (Å²) in [5.41, 5.74) is 2.68. The summed E-state index contributed by atoms with van der Waals surface area (Å²) in [6, 6.07) is 11.8. The number of sulfonamides is 1. The van der Waals surface area contributed by atoms with Gasteiger partial charge in [0.15, 0.2) is 0 Å². The Balaban J connectivity index is 1.80. The standard InChI is InChI=1S/C15H14ClN3O2S/c1-19-10-17-14-7-11(5-6-15(14)19)9-18-22(20,21)13-4-2-3-12(16)8-13/h2-8,10,18H,9H2,1H3. The lowest BCUT2D eigenvalue weighted by atomic mass is 10.2. The lowest BCUT2D eigenvalue weighted by molar-refractivity contribution is 0.581. The lowest BCUT2D eigenvalue weighted by Crippen LogP contribution is -2.23. The Morgan fingerprint density at radius 2 is 2.05 bits per heavy atom. The van der Waals surface area contributed by atoms with Crippen LogP contribution in [0.3, 0.4) is 0 Å². The SMILES string of the molecule is Cn1cnc2cc(CNS(=O)(=O)c3cccc(Cl)c3)ccc21. The highest BCUT2D eigenvalue weighted by molar-refractivity contribution is 7.89. The average Bonchev–Trinajstić information content (AvgIpc) is 2.86. The summed E-state index contributed by atoms with van der Waals surface area (Å²) in [4.78, 5) is 4.41. The minimum atomic E-state index is -3.59. The van der Waals surface area contributed by atoms with E-state index in [-0.39, 0.29) is 11.4 Å². The Bertz CT molecular complexity index is 935. The number of hydrogen-bond acceptors (Lipinski definition) is 3. The molecular weight excluding hydrogens is 322 g/mol. The van der Waals surface area contributed by atoms with Gasteiger partial charge >= 0.3 is 0 Å². The molecule has 1 N–H and O–H groups in total. The molecule has 0 saturated carbocycles. The zero-order valence-corrected chi connectivity index (χ0v) is 13.4. The number of nitrogens with one attached hydrogen (secondary N) is 1. The van der Waals surface area contributed by atoms with Crippen molar-refractivity contribution in [3.8, 4) is 0 Å². The van der Waals surface area contributed by atoms with Crippen LogP contribution in [0.25, 0.3) is 11.0 Å². The van der Waals surface area contributed by atoms with Crippen molar-refractivity contribution in [3.63, 3.8) is 0 Å². The molecule has 1 heterocycles. The van der Waals surface area contributed by atoms with Crippen molar-refractivity contribution in [1.29, 1.82) is 0 Å². The Morgan fingerprint density at radius 1 is 1.23 bits per heavy atom. The van der Waals surface area contributed by atoms with Crippen molar-refractivity contribution in [2.45, 2.75) is 11.4 Å². The number of nitrogens with zero attached hydrogens (tertiary/aromatic N) is 2. The maximum Gasteiger partial charge on any atom is 0.240 e. The molecule has 0 saturated heterocycles. The molecule has 0 aliphatic carbocycles. The molecule has 22 heavy (non-hydrogen) atoms. The molecule has 0 aliphatic heterocycles. The molecule has 0 fully saturated rings. The van der Waals surface area contributed by atoms with Gasteiger partial charge in [-0.15, -0.1) is 0 Å². The van der Waals surface area contributed by atoms with Gasteiger partial charge in [-0.25, -0.2) is 18.1 Å². The molecule has 1 aromatic heterocycles. The molecule has 0 atom stereocenters. The van der Waals surface area contributed by atoms with E-state index in [1.807, 2.05) is 29.8 Å². The zero-order valence-electron chi connectivity index (χ0n) is 11.8. The fourth-order valence-electron chi connectivity index (χ4n) is 2.19. The number of rotatable bonds is 4. The second-order valence-corrected chi connectivity index (χ2v) is 7.16. The minimum absolute atomic E-state index is 0.152. The summed E-state index contributed by atoms with van der Waals surface area (Å²) in [5.74, 6) is 0. The van der Waals surface area contributed by atoms with Crippen LogP contribution in [-0.4, -0.2) is 18.0 Å². The van der Waals surface area contributed by atoms with Crippen LogP contribution in [0, 0.1) is 0 Å². The number of benzene rings is 2. The number of imidazole rings is 1. The molecule has 0 radical (unpaired) electrons. The van der Waals surface area contributed by atoms with Crippen LogP contribution in [0.1, 0.15) is 5.56 Å². The quantitative estimate of drug-likeness (QED) is 0.797. The molecule has 5 nitrogen and oxygen atoms in total. The van der Waals surface area contributed by atoms with Gasteiger partial charge in [-0.2, -0.15) is 0 Å². The van der Waals surface area contributed by atoms with E-state index in [2.05, 4.69) is 9.71 Å². The normalized spacial score (nSPS) is 11.9. The third-order valence-electron chi connectivity index (χ3n) is 3.36. The van der Waals surface area contributed by atoms with Crippen molar-refractivity contribution in [2.75, 3.05) is 0 Å². The Labute approximate surface area is 133 Å². The number of fused-ring (bicyclic) bond motifs is 1. The van der Waals surface area contributed by atoms with Crippen LogP contribution in [-0.2, 0) is 23.6 Å². The summed E-state index contributed by atoms with van der Waals surface area (Å²) in [6.45, 7) is 0.196. The van der Waals surface area contributed by atoms with E-state index in [1.54, 1.807) is 18.5 Å². The van der Waals surface area contributed by atoms with Crippen molar-refractivity contribution in [1.82, 2.24) is 14.3 Å². The van der Waals surface area contributed by atoms with Gasteiger partial charge in [0.05, 0.1) is 22.3 Å². The van der Waals surface area contributed by atoms with Crippen molar-refractivity contribution < 1.29 is 8.42 Å². The van der Waals surface area contributed by atoms with Gasteiger partial charge in [0.2, 0.25) is 10.0 Å². The predicted molar refractivity (Wildman–Crippen MR) is 86.2 cm³/mol. The Morgan fingerprint density at radius 3 is 2.82 bits per heavy atom. The van der Waals surface area contributed by atoms with E-state index in [1.165, 1.54) is 12.1 Å². The third kappa shape index (κ3) is 2.99. The monoisotopic (exact) mass is 335 g/mol. The smallest absolute Gasteiger partial charge is 0.240 e. The van der Waals surface area contributed by atoms with Crippen LogP contribution in [0.4, 0.5) is 0 Å². The van der Waals surface area contributed by atoms with Gasteiger partial charge in [-0.3, -0.25) is 0 Å². The molecule has 0 aliphatic rings. The van der Waals surface area contributed by atoms with Crippen LogP contribution >= 0.6 is 11.6 Å². The predicted octanol–water partition coefficient (Wildman–Crippen LogP) is 2.71. The van der Waals surface area contributed by atoms with Crippen LogP contribution in [0.15, 0.2) is 53.7 Å². The Kier molecular flexibility index (Phi) is 3.90. The molecule has 0 spiro atoms. The number of halogens is 1. The molecule has 0 amide bonds. The van der Waals surface area contributed by atoms with Gasteiger partial charge in [-0.1, -0.05) is 23.7 Å². The first-order valence-corrected chi connectivity index (χ1v) is 8.47. The van der Waals surface area contributed by atoms with Gasteiger partial charge in [0, 0.05) is 18.6 Å². The maximum atomic E-state index is 12.2. The highest BCUT2D eigenvalue weighted by Crippen LogP contribution is 2.17. The second-order valence-electron chi connectivity index (χ2n) is 4.96. The summed E-state index contributed by atoms with van der Waals surface area (Å²) in [6.07, 6.45) is 1.73. The summed E-state index contributed by atoms with van der Waals surface area (Å²) in [7, 11) is -1.68. The van der Waals surface area contributed by atoms with Crippen LogP contribution < -0.4 is 4.72 Å². The van der Waals surface area contributed by atoms with Crippen molar-refractivity contribution in [2.24, 2.45) is 7.05 Å².